The van der Waals surface area contributed by atoms with E-state index in [-0.39, 0.29) is 11.3 Å². The van der Waals surface area contributed by atoms with Gasteiger partial charge < -0.3 is 19.8 Å². The third-order valence-corrected chi connectivity index (χ3v) is 4.54. The summed E-state index contributed by atoms with van der Waals surface area (Å²) >= 11 is 0. The van der Waals surface area contributed by atoms with Crippen molar-refractivity contribution in [2.75, 3.05) is 7.11 Å². The van der Waals surface area contributed by atoms with Crippen LogP contribution in [0.4, 0.5) is 0 Å². The third kappa shape index (κ3) is 2.62. The molecule has 4 rings (SSSR count). The van der Waals surface area contributed by atoms with Crippen molar-refractivity contribution in [2.24, 2.45) is 0 Å². The Bertz CT molecular complexity index is 1240. The maximum Gasteiger partial charge on any atom is 0.267 e. The summed E-state index contributed by atoms with van der Waals surface area (Å²) in [7, 11) is 1.50. The van der Waals surface area contributed by atoms with Crippen LogP contribution in [-0.4, -0.2) is 22.2 Å². The molecule has 0 spiro atoms. The standard InChI is InChI=1S/C21H15N3O3/c1-27-17-4-2-3-14(20(17)25)12-5-7-13(8-6-12)18-15(11-22)21(26)24-16-9-10-23-19(16)18/h2-10,23,25H,1H3,(H,24,26). The smallest absolute Gasteiger partial charge is 0.267 e. The molecule has 3 N–H and O–H groups in total. The molecular formula is C21H15N3O3. The van der Waals surface area contributed by atoms with Gasteiger partial charge in [0.05, 0.1) is 18.1 Å². The summed E-state index contributed by atoms with van der Waals surface area (Å²) in [4.78, 5) is 18.0. The van der Waals surface area contributed by atoms with Crippen molar-refractivity contribution in [3.05, 3.63) is 70.6 Å². The fraction of sp³-hybridized carbons (Fsp3) is 0.0476. The Morgan fingerprint density at radius 2 is 1.81 bits per heavy atom. The number of ether oxygens (including phenoxy) is 1. The summed E-state index contributed by atoms with van der Waals surface area (Å²) in [5, 5.41) is 19.8. The molecule has 27 heavy (non-hydrogen) atoms. The molecule has 2 aromatic heterocycles. The number of nitrogens with zero attached hydrogens (tertiary/aromatic N) is 1. The number of H-pyrrole nitrogens is 2. The number of nitriles is 1. The molecule has 0 aliphatic carbocycles. The highest BCUT2D eigenvalue weighted by molar-refractivity contribution is 5.95. The first-order valence-corrected chi connectivity index (χ1v) is 8.24. The van der Waals surface area contributed by atoms with Gasteiger partial charge in [-0.3, -0.25) is 4.79 Å². The van der Waals surface area contributed by atoms with Crippen LogP contribution in [0.3, 0.4) is 0 Å². The Hall–Kier alpha value is -3.98. The zero-order valence-electron chi connectivity index (χ0n) is 14.4. The normalized spacial score (nSPS) is 10.7. The van der Waals surface area contributed by atoms with E-state index in [0.29, 0.717) is 27.9 Å². The summed E-state index contributed by atoms with van der Waals surface area (Å²) in [5.74, 6) is 0.458. The molecule has 0 unspecified atom stereocenters. The van der Waals surface area contributed by atoms with Crippen molar-refractivity contribution in [1.82, 2.24) is 9.97 Å². The molecule has 0 saturated carbocycles. The van der Waals surface area contributed by atoms with Gasteiger partial charge in [-0.2, -0.15) is 5.26 Å². The number of methoxy groups -OCH3 is 1. The van der Waals surface area contributed by atoms with Crippen molar-refractivity contribution in [3.8, 4) is 39.8 Å². The van der Waals surface area contributed by atoms with E-state index in [9.17, 15) is 15.2 Å². The lowest BCUT2D eigenvalue weighted by atomic mass is 9.97. The Kier molecular flexibility index (Phi) is 3.90. The Morgan fingerprint density at radius 3 is 2.52 bits per heavy atom. The van der Waals surface area contributed by atoms with E-state index in [2.05, 4.69) is 9.97 Å². The van der Waals surface area contributed by atoms with Gasteiger partial charge in [-0.15, -0.1) is 0 Å². The van der Waals surface area contributed by atoms with Gasteiger partial charge in [0.1, 0.15) is 11.6 Å². The first-order chi connectivity index (χ1) is 13.1. The van der Waals surface area contributed by atoms with E-state index in [1.54, 1.807) is 30.5 Å². The summed E-state index contributed by atoms with van der Waals surface area (Å²) in [6.07, 6.45) is 1.72. The minimum Gasteiger partial charge on any atom is -0.504 e. The lowest BCUT2D eigenvalue weighted by molar-refractivity contribution is 0.374. The highest BCUT2D eigenvalue weighted by Crippen LogP contribution is 2.38. The van der Waals surface area contributed by atoms with Gasteiger partial charge in [0.25, 0.3) is 5.56 Å². The fourth-order valence-electron chi connectivity index (χ4n) is 3.24. The SMILES string of the molecule is COc1cccc(-c2ccc(-c3c(C#N)c(=O)[nH]c4cc[nH]c34)cc2)c1O. The Labute approximate surface area is 154 Å². The molecule has 2 heterocycles. The second-order valence-corrected chi connectivity index (χ2v) is 6.02. The van der Waals surface area contributed by atoms with E-state index in [1.165, 1.54) is 7.11 Å². The molecule has 0 aliphatic rings. The Morgan fingerprint density at radius 1 is 1.07 bits per heavy atom. The first kappa shape index (κ1) is 16.5. The fourth-order valence-corrected chi connectivity index (χ4v) is 3.24. The predicted molar refractivity (Wildman–Crippen MR) is 103 cm³/mol. The molecule has 132 valence electrons. The number of benzene rings is 2. The molecule has 6 heteroatoms. The summed E-state index contributed by atoms with van der Waals surface area (Å²) < 4.78 is 5.15. The van der Waals surface area contributed by atoms with Crippen LogP contribution in [0.15, 0.2) is 59.5 Å². The average Bonchev–Trinajstić information content (AvgIpc) is 3.15. The number of pyridine rings is 1. The largest absolute Gasteiger partial charge is 0.504 e. The number of rotatable bonds is 3. The van der Waals surface area contributed by atoms with Gasteiger partial charge in [0.2, 0.25) is 0 Å². The van der Waals surface area contributed by atoms with E-state index >= 15 is 0 Å². The quantitative estimate of drug-likeness (QED) is 0.519. The molecule has 2 aromatic carbocycles. The van der Waals surface area contributed by atoms with Crippen molar-refractivity contribution in [1.29, 1.82) is 5.26 Å². The summed E-state index contributed by atoms with van der Waals surface area (Å²) in [6.45, 7) is 0. The topological polar surface area (TPSA) is 102 Å². The second-order valence-electron chi connectivity index (χ2n) is 6.02. The lowest BCUT2D eigenvalue weighted by Crippen LogP contribution is -2.11. The number of phenolic OH excluding ortho intramolecular Hbond substituents is 1. The average molecular weight is 357 g/mol. The maximum atomic E-state index is 12.2. The molecular weight excluding hydrogens is 342 g/mol. The monoisotopic (exact) mass is 357 g/mol. The molecule has 0 amide bonds. The van der Waals surface area contributed by atoms with Gasteiger partial charge in [0, 0.05) is 17.3 Å². The second kappa shape index (κ2) is 6.39. The van der Waals surface area contributed by atoms with Gasteiger partial charge >= 0.3 is 0 Å². The minimum absolute atomic E-state index is 0.0573. The molecule has 0 bridgehead atoms. The summed E-state index contributed by atoms with van der Waals surface area (Å²) in [5.41, 5.74) is 3.69. The zero-order chi connectivity index (χ0) is 19.0. The van der Waals surface area contributed by atoms with Gasteiger partial charge in [0.15, 0.2) is 11.5 Å². The van der Waals surface area contributed by atoms with Crippen LogP contribution >= 0.6 is 0 Å². The van der Waals surface area contributed by atoms with Crippen LogP contribution in [0.25, 0.3) is 33.3 Å². The molecule has 6 nitrogen and oxygen atoms in total. The molecule has 4 aromatic rings. The zero-order valence-corrected chi connectivity index (χ0v) is 14.4. The van der Waals surface area contributed by atoms with Crippen molar-refractivity contribution in [3.63, 3.8) is 0 Å². The number of para-hydroxylation sites is 1. The predicted octanol–water partition coefficient (Wildman–Crippen LogP) is 3.78. The number of aromatic nitrogens is 2. The number of hydrogen-bond donors (Lipinski definition) is 3. The van der Waals surface area contributed by atoms with E-state index < -0.39 is 5.56 Å². The molecule has 0 radical (unpaired) electrons. The van der Waals surface area contributed by atoms with Crippen LogP contribution in [0, 0.1) is 11.3 Å². The van der Waals surface area contributed by atoms with Gasteiger partial charge in [-0.25, -0.2) is 0 Å². The Balaban J connectivity index is 1.88. The van der Waals surface area contributed by atoms with Crippen molar-refractivity contribution >= 4 is 11.0 Å². The van der Waals surface area contributed by atoms with Crippen LogP contribution in [0.5, 0.6) is 11.5 Å². The first-order valence-electron chi connectivity index (χ1n) is 8.24. The number of aromatic amines is 2. The number of phenols is 1. The van der Waals surface area contributed by atoms with Crippen LogP contribution < -0.4 is 10.3 Å². The molecule has 0 aliphatic heterocycles. The lowest BCUT2D eigenvalue weighted by Gasteiger charge is -2.10. The molecule has 0 saturated heterocycles. The van der Waals surface area contributed by atoms with Crippen molar-refractivity contribution in [2.45, 2.75) is 0 Å². The number of nitrogens with one attached hydrogen (secondary N) is 2. The molecule has 0 atom stereocenters. The summed E-state index contributed by atoms with van der Waals surface area (Å²) in [6, 6.07) is 16.3. The number of aromatic hydroxyl groups is 1. The minimum atomic E-state index is -0.422. The number of fused-ring (bicyclic) bond motifs is 1. The van der Waals surface area contributed by atoms with E-state index in [0.717, 1.165) is 11.1 Å². The van der Waals surface area contributed by atoms with Gasteiger partial charge in [-0.1, -0.05) is 36.4 Å². The van der Waals surface area contributed by atoms with Gasteiger partial charge in [-0.05, 0) is 23.3 Å². The van der Waals surface area contributed by atoms with E-state index in [1.807, 2.05) is 30.3 Å². The third-order valence-electron chi connectivity index (χ3n) is 4.54. The number of hydrogen-bond acceptors (Lipinski definition) is 4. The molecule has 0 fully saturated rings. The van der Waals surface area contributed by atoms with Crippen LogP contribution in [0.2, 0.25) is 0 Å². The van der Waals surface area contributed by atoms with Crippen molar-refractivity contribution < 1.29 is 9.84 Å². The van der Waals surface area contributed by atoms with Crippen LogP contribution in [-0.2, 0) is 0 Å². The highest BCUT2D eigenvalue weighted by Gasteiger charge is 2.16. The highest BCUT2D eigenvalue weighted by atomic mass is 16.5. The maximum absolute atomic E-state index is 12.2. The van der Waals surface area contributed by atoms with E-state index in [4.69, 9.17) is 4.74 Å². The van der Waals surface area contributed by atoms with Crippen LogP contribution in [0.1, 0.15) is 5.56 Å².